The fraction of sp³-hybridized carbons (Fsp3) is 0.556. The van der Waals surface area contributed by atoms with Gasteiger partial charge in [0, 0.05) is 31.4 Å². The van der Waals surface area contributed by atoms with Crippen LogP contribution in [0.15, 0.2) is 18.2 Å². The van der Waals surface area contributed by atoms with Crippen molar-refractivity contribution < 1.29 is 9.59 Å². The maximum atomic E-state index is 11.8. The summed E-state index contributed by atoms with van der Waals surface area (Å²) in [5, 5.41) is 5.34. The molecule has 5 nitrogen and oxygen atoms in total. The molecule has 0 saturated heterocycles. The Labute approximate surface area is 138 Å². The highest BCUT2D eigenvalue weighted by Crippen LogP contribution is 2.26. The first-order valence-corrected chi connectivity index (χ1v) is 8.19. The topological polar surface area (TPSA) is 61.4 Å². The third kappa shape index (κ3) is 4.98. The van der Waals surface area contributed by atoms with E-state index in [-0.39, 0.29) is 0 Å². The molecule has 0 unspecified atom stereocenters. The number of carbonyl (C=O) groups excluding carboxylic acids is 2. The van der Waals surface area contributed by atoms with Crippen molar-refractivity contribution in [3.8, 4) is 0 Å². The van der Waals surface area contributed by atoms with Crippen LogP contribution in [0, 0.1) is 0 Å². The van der Waals surface area contributed by atoms with E-state index in [2.05, 4.69) is 40.8 Å². The summed E-state index contributed by atoms with van der Waals surface area (Å²) in [6.45, 7) is 7.11. The predicted molar refractivity (Wildman–Crippen MR) is 92.6 cm³/mol. The van der Waals surface area contributed by atoms with E-state index in [9.17, 15) is 9.59 Å². The second kappa shape index (κ2) is 7.02. The molecule has 0 saturated carbocycles. The quantitative estimate of drug-likeness (QED) is 0.833. The van der Waals surface area contributed by atoms with Crippen LogP contribution in [0.1, 0.15) is 38.3 Å². The summed E-state index contributed by atoms with van der Waals surface area (Å²) in [5.74, 6) is -1.15. The Bertz CT molecular complexity index is 590. The summed E-state index contributed by atoms with van der Waals surface area (Å²) >= 11 is 0. The second-order valence-corrected chi connectivity index (χ2v) is 7.20. The number of carbonyl (C=O) groups is 2. The minimum Gasteiger partial charge on any atom is -0.374 e. The van der Waals surface area contributed by atoms with Crippen LogP contribution in [0.25, 0.3) is 0 Å². The third-order valence-corrected chi connectivity index (χ3v) is 3.89. The largest absolute Gasteiger partial charge is 0.374 e. The van der Waals surface area contributed by atoms with Gasteiger partial charge >= 0.3 is 11.8 Å². The molecule has 2 amide bonds. The average molecular weight is 317 g/mol. The van der Waals surface area contributed by atoms with E-state index >= 15 is 0 Å². The van der Waals surface area contributed by atoms with Gasteiger partial charge in [-0.3, -0.25) is 9.59 Å². The SMILES string of the molecule is CN1CCCc2cc(CCNC(=O)C(=O)NC(C)(C)C)ccc21. The number of benzene rings is 1. The van der Waals surface area contributed by atoms with E-state index in [1.807, 2.05) is 20.8 Å². The lowest BCUT2D eigenvalue weighted by atomic mass is 9.98. The maximum absolute atomic E-state index is 11.8. The molecule has 23 heavy (non-hydrogen) atoms. The first-order chi connectivity index (χ1) is 10.8. The summed E-state index contributed by atoms with van der Waals surface area (Å²) in [6.07, 6.45) is 3.01. The Morgan fingerprint density at radius 2 is 1.96 bits per heavy atom. The molecular formula is C18H27N3O2. The van der Waals surface area contributed by atoms with Crippen LogP contribution in [0.3, 0.4) is 0 Å². The van der Waals surface area contributed by atoms with Gasteiger partial charge in [0.1, 0.15) is 0 Å². The molecule has 0 fully saturated rings. The fourth-order valence-electron chi connectivity index (χ4n) is 2.79. The van der Waals surface area contributed by atoms with Crippen molar-refractivity contribution >= 4 is 17.5 Å². The monoisotopic (exact) mass is 317 g/mol. The molecule has 1 aliphatic heterocycles. The number of hydrogen-bond donors (Lipinski definition) is 2. The smallest absolute Gasteiger partial charge is 0.309 e. The van der Waals surface area contributed by atoms with Crippen molar-refractivity contribution in [2.45, 2.75) is 45.6 Å². The zero-order chi connectivity index (χ0) is 17.0. The van der Waals surface area contributed by atoms with Crippen LogP contribution < -0.4 is 15.5 Å². The molecule has 2 N–H and O–H groups in total. The number of nitrogens with one attached hydrogen (secondary N) is 2. The molecule has 1 heterocycles. The normalized spacial score (nSPS) is 14.2. The van der Waals surface area contributed by atoms with Crippen molar-refractivity contribution in [2.24, 2.45) is 0 Å². The number of nitrogens with zero attached hydrogens (tertiary/aromatic N) is 1. The highest BCUT2D eigenvalue weighted by molar-refractivity contribution is 6.35. The van der Waals surface area contributed by atoms with Gasteiger partial charge in [-0.25, -0.2) is 0 Å². The number of hydrogen-bond acceptors (Lipinski definition) is 3. The lowest BCUT2D eigenvalue weighted by Crippen LogP contribution is -2.48. The molecule has 1 aromatic rings. The standard InChI is InChI=1S/C18H27N3O2/c1-18(2,3)20-17(23)16(22)19-10-9-13-7-8-15-14(12-13)6-5-11-21(15)4/h7-8,12H,5-6,9-11H2,1-4H3,(H,19,22)(H,20,23). The van der Waals surface area contributed by atoms with E-state index in [0.29, 0.717) is 6.54 Å². The molecule has 0 atom stereocenters. The molecule has 5 heteroatoms. The van der Waals surface area contributed by atoms with E-state index in [1.165, 1.54) is 23.2 Å². The zero-order valence-electron chi connectivity index (χ0n) is 14.5. The highest BCUT2D eigenvalue weighted by atomic mass is 16.2. The lowest BCUT2D eigenvalue weighted by molar-refractivity contribution is -0.140. The summed E-state index contributed by atoms with van der Waals surface area (Å²) < 4.78 is 0. The highest BCUT2D eigenvalue weighted by Gasteiger charge is 2.19. The van der Waals surface area contributed by atoms with Crippen LogP contribution in [0.2, 0.25) is 0 Å². The Kier molecular flexibility index (Phi) is 5.29. The Morgan fingerprint density at radius 1 is 1.22 bits per heavy atom. The molecule has 126 valence electrons. The number of aryl methyl sites for hydroxylation is 1. The minimum atomic E-state index is -0.579. The minimum absolute atomic E-state index is 0.404. The average Bonchev–Trinajstić information content (AvgIpc) is 2.45. The van der Waals surface area contributed by atoms with Gasteiger partial charge in [-0.2, -0.15) is 0 Å². The van der Waals surface area contributed by atoms with Gasteiger partial charge in [-0.05, 0) is 57.2 Å². The molecule has 2 rings (SSSR count). The van der Waals surface area contributed by atoms with Gasteiger partial charge in [0.25, 0.3) is 0 Å². The van der Waals surface area contributed by atoms with Gasteiger partial charge in [-0.15, -0.1) is 0 Å². The van der Waals surface area contributed by atoms with Crippen molar-refractivity contribution in [1.82, 2.24) is 10.6 Å². The predicted octanol–water partition coefficient (Wildman–Crippen LogP) is 1.64. The number of amides is 2. The zero-order valence-corrected chi connectivity index (χ0v) is 14.5. The molecule has 0 radical (unpaired) electrons. The van der Waals surface area contributed by atoms with Gasteiger partial charge < -0.3 is 15.5 Å². The van der Waals surface area contributed by atoms with Gasteiger partial charge in [0.2, 0.25) is 0 Å². The van der Waals surface area contributed by atoms with Crippen LogP contribution in [-0.2, 0) is 22.4 Å². The van der Waals surface area contributed by atoms with Crippen LogP contribution in [0.4, 0.5) is 5.69 Å². The van der Waals surface area contributed by atoms with Gasteiger partial charge in [0.15, 0.2) is 0 Å². The summed E-state index contributed by atoms with van der Waals surface area (Å²) in [6, 6.07) is 6.46. The van der Waals surface area contributed by atoms with Crippen LogP contribution in [-0.4, -0.2) is 37.5 Å². The van der Waals surface area contributed by atoms with E-state index in [4.69, 9.17) is 0 Å². The second-order valence-electron chi connectivity index (χ2n) is 7.20. The molecule has 0 aromatic heterocycles. The first-order valence-electron chi connectivity index (χ1n) is 8.19. The molecule has 0 spiro atoms. The van der Waals surface area contributed by atoms with Crippen LogP contribution >= 0.6 is 0 Å². The summed E-state index contributed by atoms with van der Waals surface area (Å²) in [4.78, 5) is 25.7. The molecule has 1 aromatic carbocycles. The number of fused-ring (bicyclic) bond motifs is 1. The molecular weight excluding hydrogens is 290 g/mol. The molecule has 1 aliphatic rings. The summed E-state index contributed by atoms with van der Waals surface area (Å²) in [7, 11) is 2.12. The van der Waals surface area contributed by atoms with Crippen molar-refractivity contribution in [2.75, 3.05) is 25.0 Å². The van der Waals surface area contributed by atoms with Crippen LogP contribution in [0.5, 0.6) is 0 Å². The van der Waals surface area contributed by atoms with Crippen molar-refractivity contribution in [3.05, 3.63) is 29.3 Å². The van der Waals surface area contributed by atoms with E-state index in [1.54, 1.807) is 0 Å². The summed E-state index contributed by atoms with van der Waals surface area (Å²) in [5.41, 5.74) is 3.45. The van der Waals surface area contributed by atoms with Crippen molar-refractivity contribution in [3.63, 3.8) is 0 Å². The van der Waals surface area contributed by atoms with Gasteiger partial charge in [0.05, 0.1) is 0 Å². The Morgan fingerprint density at radius 3 is 2.65 bits per heavy atom. The molecule has 0 bridgehead atoms. The molecule has 0 aliphatic carbocycles. The Balaban J connectivity index is 1.85. The first kappa shape index (κ1) is 17.3. The van der Waals surface area contributed by atoms with E-state index < -0.39 is 17.4 Å². The number of rotatable bonds is 3. The van der Waals surface area contributed by atoms with Gasteiger partial charge in [-0.1, -0.05) is 12.1 Å². The maximum Gasteiger partial charge on any atom is 0.309 e. The number of anilines is 1. The van der Waals surface area contributed by atoms with Crippen molar-refractivity contribution in [1.29, 1.82) is 0 Å². The van der Waals surface area contributed by atoms with E-state index in [0.717, 1.165) is 19.4 Å². The lowest BCUT2D eigenvalue weighted by Gasteiger charge is -2.27. The fourth-order valence-corrected chi connectivity index (χ4v) is 2.79. The third-order valence-electron chi connectivity index (χ3n) is 3.89. The Hall–Kier alpha value is -2.04.